The molecule has 8 nitrogen and oxygen atoms in total. The van der Waals surface area contributed by atoms with E-state index in [-0.39, 0.29) is 29.7 Å². The normalized spacial score (nSPS) is 29.2. The molecule has 4 atom stereocenters. The molecule has 10 heteroatoms. The van der Waals surface area contributed by atoms with E-state index in [0.29, 0.717) is 56.8 Å². The summed E-state index contributed by atoms with van der Waals surface area (Å²) in [5, 5.41) is 23.0. The lowest BCUT2D eigenvalue weighted by atomic mass is 9.90. The Morgan fingerprint density at radius 3 is 2.81 bits per heavy atom. The number of fused-ring (bicyclic) bond motifs is 3. The first-order valence-corrected chi connectivity index (χ1v) is 15.6. The first-order chi connectivity index (χ1) is 20.6. The fourth-order valence-electron chi connectivity index (χ4n) is 7.94. The SMILES string of the molecule is CCc1c(F)ccc2cc(O)cc(C3Cc4nc(OC[C@@]56CCCN5C[C@H](F)C6)nc(N5CCC[C@@](C)(O)C5)c4CO3)c12. The van der Waals surface area contributed by atoms with Gasteiger partial charge in [0.1, 0.15) is 30.2 Å². The highest BCUT2D eigenvalue weighted by molar-refractivity contribution is 5.90. The van der Waals surface area contributed by atoms with Crippen LogP contribution < -0.4 is 9.64 Å². The Balaban J connectivity index is 1.26. The largest absolute Gasteiger partial charge is 0.508 e. The fraction of sp³-hybridized carbons (Fsp3) is 0.576. The van der Waals surface area contributed by atoms with Gasteiger partial charge in [-0.1, -0.05) is 13.0 Å². The summed E-state index contributed by atoms with van der Waals surface area (Å²) in [5.41, 5.74) is 1.75. The van der Waals surface area contributed by atoms with Crippen LogP contribution in [-0.2, 0) is 24.2 Å². The molecule has 5 heterocycles. The zero-order valence-electron chi connectivity index (χ0n) is 24.9. The van der Waals surface area contributed by atoms with E-state index in [2.05, 4.69) is 9.80 Å². The molecule has 1 aromatic heterocycles. The van der Waals surface area contributed by atoms with Crippen molar-refractivity contribution in [1.29, 1.82) is 0 Å². The fourth-order valence-corrected chi connectivity index (χ4v) is 7.94. The molecule has 43 heavy (non-hydrogen) atoms. The van der Waals surface area contributed by atoms with Crippen LogP contribution >= 0.6 is 0 Å². The number of anilines is 1. The van der Waals surface area contributed by atoms with Gasteiger partial charge < -0.3 is 24.6 Å². The van der Waals surface area contributed by atoms with Crippen LogP contribution in [0, 0.1) is 5.82 Å². The molecule has 1 unspecified atom stereocenters. The van der Waals surface area contributed by atoms with Crippen molar-refractivity contribution in [3.63, 3.8) is 0 Å². The van der Waals surface area contributed by atoms with Crippen LogP contribution in [0.3, 0.4) is 0 Å². The highest BCUT2D eigenvalue weighted by Crippen LogP contribution is 2.43. The average Bonchev–Trinajstić information content (AvgIpc) is 3.50. The summed E-state index contributed by atoms with van der Waals surface area (Å²) < 4.78 is 42.1. The van der Waals surface area contributed by atoms with Gasteiger partial charge in [-0.2, -0.15) is 9.97 Å². The third-order valence-corrected chi connectivity index (χ3v) is 9.95. The first kappa shape index (κ1) is 28.7. The molecule has 2 aromatic carbocycles. The third-order valence-electron chi connectivity index (χ3n) is 9.95. The number of halogens is 2. The number of hydrogen-bond donors (Lipinski definition) is 2. The van der Waals surface area contributed by atoms with Crippen LogP contribution in [0.5, 0.6) is 11.8 Å². The minimum atomic E-state index is -0.854. The zero-order valence-corrected chi connectivity index (χ0v) is 24.9. The van der Waals surface area contributed by atoms with E-state index in [4.69, 9.17) is 19.4 Å². The Bertz CT molecular complexity index is 1550. The minimum Gasteiger partial charge on any atom is -0.508 e. The minimum absolute atomic E-state index is 0.0941. The van der Waals surface area contributed by atoms with E-state index in [1.165, 1.54) is 6.07 Å². The average molecular weight is 595 g/mol. The third kappa shape index (κ3) is 5.21. The predicted molar refractivity (Wildman–Crippen MR) is 159 cm³/mol. The van der Waals surface area contributed by atoms with Crippen LogP contribution in [0.2, 0.25) is 0 Å². The highest BCUT2D eigenvalue weighted by atomic mass is 19.1. The molecule has 0 saturated carbocycles. The van der Waals surface area contributed by atoms with Crippen molar-refractivity contribution in [2.45, 2.75) is 88.8 Å². The standard InChI is InChI=1S/C33H40F2N4O4/c1-3-23-26(35)7-6-20-12-22(40)13-24(29(20)23)28-14-27-25(17-42-28)30(38-10-4-8-32(2,41)18-38)37-31(36-27)43-19-33-9-5-11-39(33)16-21(34)15-33/h6-7,12-13,21,28,40-41H,3-5,8-11,14-19H2,1-2H3/t21-,28?,32-,33+/m1/s1. The van der Waals surface area contributed by atoms with Crippen molar-refractivity contribution in [3.8, 4) is 11.8 Å². The van der Waals surface area contributed by atoms with Gasteiger partial charge in [-0.25, -0.2) is 8.78 Å². The summed E-state index contributed by atoms with van der Waals surface area (Å²) in [6.45, 7) is 6.79. The summed E-state index contributed by atoms with van der Waals surface area (Å²) in [7, 11) is 0. The van der Waals surface area contributed by atoms with Gasteiger partial charge in [-0.3, -0.25) is 4.90 Å². The lowest BCUT2D eigenvalue weighted by Gasteiger charge is -2.39. The molecular formula is C33H40F2N4O4. The lowest BCUT2D eigenvalue weighted by Crippen LogP contribution is -2.47. The van der Waals surface area contributed by atoms with Gasteiger partial charge in [0.25, 0.3) is 0 Å². The van der Waals surface area contributed by atoms with Crippen LogP contribution in [-0.4, -0.2) is 75.2 Å². The predicted octanol–water partition coefficient (Wildman–Crippen LogP) is 5.16. The molecular weight excluding hydrogens is 554 g/mol. The molecule has 0 aliphatic carbocycles. The molecule has 3 fully saturated rings. The quantitative estimate of drug-likeness (QED) is 0.405. The first-order valence-electron chi connectivity index (χ1n) is 15.6. The molecule has 4 aliphatic rings. The molecule has 0 spiro atoms. The number of aromatic hydroxyl groups is 1. The van der Waals surface area contributed by atoms with Gasteiger partial charge in [0, 0.05) is 38.0 Å². The number of phenols is 1. The van der Waals surface area contributed by atoms with Crippen LogP contribution in [0.1, 0.15) is 74.4 Å². The molecule has 2 N–H and O–H groups in total. The number of alkyl halides is 1. The monoisotopic (exact) mass is 594 g/mol. The van der Waals surface area contributed by atoms with Crippen molar-refractivity contribution in [1.82, 2.24) is 14.9 Å². The van der Waals surface area contributed by atoms with Gasteiger partial charge in [-0.05, 0) is 85.7 Å². The Hall–Kier alpha value is -3.08. The molecule has 3 aromatic rings. The second kappa shape index (κ2) is 10.8. The number of aliphatic hydroxyl groups is 1. The molecule has 0 bridgehead atoms. The maximum Gasteiger partial charge on any atom is 0.318 e. The van der Waals surface area contributed by atoms with Crippen molar-refractivity contribution in [2.75, 3.05) is 37.7 Å². The second-order valence-electron chi connectivity index (χ2n) is 13.2. The summed E-state index contributed by atoms with van der Waals surface area (Å²) in [6.07, 6.45) is 3.45. The van der Waals surface area contributed by atoms with E-state index in [1.54, 1.807) is 18.2 Å². The van der Waals surface area contributed by atoms with E-state index < -0.39 is 17.9 Å². The molecule has 7 rings (SSSR count). The smallest absolute Gasteiger partial charge is 0.318 e. The number of aryl methyl sites for hydroxylation is 1. The van der Waals surface area contributed by atoms with Crippen molar-refractivity contribution in [2.24, 2.45) is 0 Å². The number of piperidine rings is 1. The zero-order chi connectivity index (χ0) is 29.9. The van der Waals surface area contributed by atoms with Gasteiger partial charge in [0.2, 0.25) is 0 Å². The van der Waals surface area contributed by atoms with E-state index >= 15 is 0 Å². The van der Waals surface area contributed by atoms with E-state index in [0.717, 1.165) is 59.9 Å². The van der Waals surface area contributed by atoms with Crippen LogP contribution in [0.4, 0.5) is 14.6 Å². The number of ether oxygens (including phenoxy) is 2. The number of rotatable bonds is 6. The Kier molecular flexibility index (Phi) is 7.22. The molecule has 3 saturated heterocycles. The summed E-state index contributed by atoms with van der Waals surface area (Å²) in [6, 6.07) is 6.69. The van der Waals surface area contributed by atoms with Gasteiger partial charge in [0.15, 0.2) is 0 Å². The van der Waals surface area contributed by atoms with Gasteiger partial charge >= 0.3 is 6.01 Å². The maximum atomic E-state index is 14.9. The number of β-amino-alcohol motifs (C(OH)–C–C–N with tert-alkyl or cyclic N) is 1. The molecule has 4 aliphatic heterocycles. The van der Waals surface area contributed by atoms with Gasteiger partial charge in [0.05, 0.1) is 29.5 Å². The van der Waals surface area contributed by atoms with Crippen LogP contribution in [0.25, 0.3) is 10.8 Å². The number of nitrogens with zero attached hydrogens (tertiary/aromatic N) is 4. The summed E-state index contributed by atoms with van der Waals surface area (Å²) >= 11 is 0. The van der Waals surface area contributed by atoms with Crippen molar-refractivity contribution in [3.05, 3.63) is 52.5 Å². The van der Waals surface area contributed by atoms with E-state index in [1.807, 2.05) is 13.8 Å². The van der Waals surface area contributed by atoms with Crippen molar-refractivity contribution < 1.29 is 28.5 Å². The molecule has 0 amide bonds. The maximum absolute atomic E-state index is 14.9. The number of phenolic OH excluding ortho intramolecular Hbond substituents is 1. The molecule has 230 valence electrons. The molecule has 0 radical (unpaired) electrons. The second-order valence-corrected chi connectivity index (χ2v) is 13.2. The summed E-state index contributed by atoms with van der Waals surface area (Å²) in [5.74, 6) is 0.505. The van der Waals surface area contributed by atoms with E-state index in [9.17, 15) is 19.0 Å². The summed E-state index contributed by atoms with van der Waals surface area (Å²) in [4.78, 5) is 14.0. The van der Waals surface area contributed by atoms with Crippen molar-refractivity contribution >= 4 is 16.6 Å². The number of hydrogen-bond acceptors (Lipinski definition) is 8. The Morgan fingerprint density at radius 1 is 1.16 bits per heavy atom. The Labute approximate surface area is 250 Å². The topological polar surface area (TPSA) is 91.2 Å². The Morgan fingerprint density at radius 2 is 2.00 bits per heavy atom. The highest BCUT2D eigenvalue weighted by Gasteiger charge is 2.49. The lowest BCUT2D eigenvalue weighted by molar-refractivity contribution is 0.0250. The van der Waals surface area contributed by atoms with Gasteiger partial charge in [-0.15, -0.1) is 0 Å². The number of benzene rings is 2. The van der Waals surface area contributed by atoms with Crippen LogP contribution in [0.15, 0.2) is 24.3 Å². The number of aromatic nitrogens is 2.